The molecule has 1 nitrogen and oxygen atoms in total. The maximum absolute atomic E-state index is 13.6. The minimum Gasteiger partial charge on any atom is -0.320 e. The van der Waals surface area contributed by atoms with E-state index in [9.17, 15) is 4.39 Å². The summed E-state index contributed by atoms with van der Waals surface area (Å²) < 4.78 is 13.6. The SMILES string of the molecule is Cc1cc(C(N)c2c(F)cccc2Cl)cs1. The largest absolute Gasteiger partial charge is 0.320 e. The standard InChI is InChI=1S/C12H11ClFNS/c1-7-5-8(6-16-7)12(15)11-9(13)3-2-4-10(11)14/h2-6,12H,15H2,1H3. The Morgan fingerprint density at radius 2 is 2.19 bits per heavy atom. The van der Waals surface area contributed by atoms with Gasteiger partial charge in [-0.15, -0.1) is 11.3 Å². The molecule has 0 aliphatic heterocycles. The maximum Gasteiger partial charge on any atom is 0.129 e. The lowest BCUT2D eigenvalue weighted by molar-refractivity contribution is 0.600. The van der Waals surface area contributed by atoms with Gasteiger partial charge in [0.2, 0.25) is 0 Å². The lowest BCUT2D eigenvalue weighted by Crippen LogP contribution is -2.13. The summed E-state index contributed by atoms with van der Waals surface area (Å²) in [6.45, 7) is 1.99. The molecule has 1 atom stereocenters. The molecule has 0 aliphatic rings. The van der Waals surface area contributed by atoms with Crippen molar-refractivity contribution in [2.24, 2.45) is 5.73 Å². The first-order valence-electron chi connectivity index (χ1n) is 4.84. The van der Waals surface area contributed by atoms with E-state index >= 15 is 0 Å². The normalized spacial score (nSPS) is 12.8. The zero-order valence-electron chi connectivity index (χ0n) is 8.71. The van der Waals surface area contributed by atoms with Crippen molar-refractivity contribution in [1.82, 2.24) is 0 Å². The van der Waals surface area contributed by atoms with Gasteiger partial charge in [0.15, 0.2) is 0 Å². The first-order valence-corrected chi connectivity index (χ1v) is 6.10. The zero-order chi connectivity index (χ0) is 11.7. The number of halogens is 2. The number of benzene rings is 1. The van der Waals surface area contributed by atoms with Crippen molar-refractivity contribution in [2.45, 2.75) is 13.0 Å². The molecule has 1 aromatic carbocycles. The Labute approximate surface area is 103 Å². The summed E-state index contributed by atoms with van der Waals surface area (Å²) in [5.74, 6) is -0.358. The van der Waals surface area contributed by atoms with E-state index in [0.717, 1.165) is 10.4 Å². The fourth-order valence-electron chi connectivity index (χ4n) is 1.60. The van der Waals surface area contributed by atoms with Crippen LogP contribution < -0.4 is 5.73 Å². The van der Waals surface area contributed by atoms with Crippen LogP contribution in [0.2, 0.25) is 5.02 Å². The van der Waals surface area contributed by atoms with Crippen LogP contribution in [-0.2, 0) is 0 Å². The quantitative estimate of drug-likeness (QED) is 0.866. The van der Waals surface area contributed by atoms with E-state index in [1.165, 1.54) is 6.07 Å². The van der Waals surface area contributed by atoms with Gasteiger partial charge in [-0.25, -0.2) is 4.39 Å². The van der Waals surface area contributed by atoms with E-state index in [1.54, 1.807) is 23.5 Å². The van der Waals surface area contributed by atoms with Crippen LogP contribution in [0.25, 0.3) is 0 Å². The molecule has 1 unspecified atom stereocenters. The first-order chi connectivity index (χ1) is 7.59. The van der Waals surface area contributed by atoms with Crippen molar-refractivity contribution < 1.29 is 4.39 Å². The molecule has 2 N–H and O–H groups in total. The Bertz CT molecular complexity index is 489. The molecule has 84 valence electrons. The zero-order valence-corrected chi connectivity index (χ0v) is 10.3. The summed E-state index contributed by atoms with van der Waals surface area (Å²) in [4.78, 5) is 1.15. The van der Waals surface area contributed by atoms with Crippen molar-refractivity contribution in [3.8, 4) is 0 Å². The van der Waals surface area contributed by atoms with Gasteiger partial charge in [-0.1, -0.05) is 17.7 Å². The highest BCUT2D eigenvalue weighted by Crippen LogP contribution is 2.30. The van der Waals surface area contributed by atoms with Crippen LogP contribution in [-0.4, -0.2) is 0 Å². The van der Waals surface area contributed by atoms with Gasteiger partial charge in [-0.05, 0) is 36.1 Å². The van der Waals surface area contributed by atoms with E-state index in [-0.39, 0.29) is 5.82 Å². The molecular formula is C12H11ClFNS. The third-order valence-corrected chi connectivity index (χ3v) is 3.63. The molecule has 2 rings (SSSR count). The molecule has 4 heteroatoms. The van der Waals surface area contributed by atoms with Crippen molar-refractivity contribution in [3.63, 3.8) is 0 Å². The molecule has 0 saturated carbocycles. The van der Waals surface area contributed by atoms with Gasteiger partial charge < -0.3 is 5.73 Å². The van der Waals surface area contributed by atoms with Crippen molar-refractivity contribution in [2.75, 3.05) is 0 Å². The number of rotatable bonds is 2. The van der Waals surface area contributed by atoms with E-state index in [1.807, 2.05) is 18.4 Å². The molecule has 0 radical (unpaired) electrons. The molecule has 0 aliphatic carbocycles. The highest BCUT2D eigenvalue weighted by atomic mass is 35.5. The fourth-order valence-corrected chi connectivity index (χ4v) is 2.62. The molecular weight excluding hydrogens is 245 g/mol. The van der Waals surface area contributed by atoms with Gasteiger partial charge in [0.25, 0.3) is 0 Å². The Balaban J connectivity index is 2.45. The summed E-state index contributed by atoms with van der Waals surface area (Å²) in [6, 6.07) is 6.06. The Kier molecular flexibility index (Phi) is 3.28. The molecule has 16 heavy (non-hydrogen) atoms. The molecule has 0 spiro atoms. The van der Waals surface area contributed by atoms with Crippen molar-refractivity contribution >= 4 is 22.9 Å². The number of nitrogens with two attached hydrogens (primary N) is 1. The van der Waals surface area contributed by atoms with Crippen molar-refractivity contribution in [3.05, 3.63) is 56.5 Å². The van der Waals surface area contributed by atoms with E-state index in [2.05, 4.69) is 0 Å². The average Bonchev–Trinajstić information content (AvgIpc) is 2.64. The van der Waals surface area contributed by atoms with Gasteiger partial charge in [-0.2, -0.15) is 0 Å². The minimum absolute atomic E-state index is 0.358. The molecule has 0 saturated heterocycles. The van der Waals surface area contributed by atoms with Crippen molar-refractivity contribution in [1.29, 1.82) is 0 Å². The molecule has 1 heterocycles. The fraction of sp³-hybridized carbons (Fsp3) is 0.167. The summed E-state index contributed by atoms with van der Waals surface area (Å²) in [7, 11) is 0. The third-order valence-electron chi connectivity index (χ3n) is 2.42. The third kappa shape index (κ3) is 2.12. The van der Waals surface area contributed by atoms with Crippen LogP contribution in [0, 0.1) is 12.7 Å². The maximum atomic E-state index is 13.6. The number of hydrogen-bond donors (Lipinski definition) is 1. The van der Waals surface area contributed by atoms with Gasteiger partial charge in [0.05, 0.1) is 6.04 Å². The van der Waals surface area contributed by atoms with Crippen LogP contribution in [0.3, 0.4) is 0 Å². The predicted octanol–water partition coefficient (Wildman–Crippen LogP) is 3.90. The summed E-state index contributed by atoms with van der Waals surface area (Å²) in [5.41, 5.74) is 7.27. The summed E-state index contributed by atoms with van der Waals surface area (Å²) in [6.07, 6.45) is 0. The lowest BCUT2D eigenvalue weighted by atomic mass is 10.0. The van der Waals surface area contributed by atoms with Gasteiger partial charge >= 0.3 is 0 Å². The lowest BCUT2D eigenvalue weighted by Gasteiger charge is -2.13. The molecule has 1 aromatic heterocycles. The van der Waals surface area contributed by atoms with Gasteiger partial charge in [0.1, 0.15) is 5.82 Å². The smallest absolute Gasteiger partial charge is 0.129 e. The Morgan fingerprint density at radius 3 is 2.75 bits per heavy atom. The highest BCUT2D eigenvalue weighted by Gasteiger charge is 2.17. The molecule has 2 aromatic rings. The average molecular weight is 256 g/mol. The van der Waals surface area contributed by atoms with E-state index in [0.29, 0.717) is 10.6 Å². The summed E-state index contributed by atoms with van der Waals surface area (Å²) in [5, 5.41) is 2.30. The Morgan fingerprint density at radius 1 is 1.44 bits per heavy atom. The van der Waals surface area contributed by atoms with E-state index < -0.39 is 6.04 Å². The molecule has 0 bridgehead atoms. The number of hydrogen-bond acceptors (Lipinski definition) is 2. The molecule has 0 fully saturated rings. The first kappa shape index (κ1) is 11.6. The topological polar surface area (TPSA) is 26.0 Å². The second-order valence-corrected chi connectivity index (χ2v) is 5.13. The van der Waals surface area contributed by atoms with Crippen LogP contribution in [0.4, 0.5) is 4.39 Å². The van der Waals surface area contributed by atoms with Gasteiger partial charge in [0, 0.05) is 15.5 Å². The van der Waals surface area contributed by atoms with Crippen LogP contribution in [0.5, 0.6) is 0 Å². The Hall–Kier alpha value is -0.900. The monoisotopic (exact) mass is 255 g/mol. The summed E-state index contributed by atoms with van der Waals surface area (Å²) >= 11 is 7.56. The highest BCUT2D eigenvalue weighted by molar-refractivity contribution is 7.10. The second kappa shape index (κ2) is 4.53. The molecule has 0 amide bonds. The van der Waals surface area contributed by atoms with E-state index in [4.69, 9.17) is 17.3 Å². The predicted molar refractivity (Wildman–Crippen MR) is 66.5 cm³/mol. The second-order valence-electron chi connectivity index (χ2n) is 3.60. The van der Waals surface area contributed by atoms with Crippen LogP contribution in [0.1, 0.15) is 22.0 Å². The van der Waals surface area contributed by atoms with Crippen LogP contribution in [0.15, 0.2) is 29.6 Å². The number of aryl methyl sites for hydroxylation is 1. The number of thiophene rings is 1. The minimum atomic E-state index is -0.501. The van der Waals surface area contributed by atoms with Crippen LogP contribution >= 0.6 is 22.9 Å². The van der Waals surface area contributed by atoms with Gasteiger partial charge in [-0.3, -0.25) is 0 Å².